The van der Waals surface area contributed by atoms with Crippen LogP contribution in [0, 0.1) is 3.70 Å². The van der Waals surface area contributed by atoms with Gasteiger partial charge in [-0.15, -0.1) is 0 Å². The Labute approximate surface area is 101 Å². The minimum absolute atomic E-state index is 0.261. The van der Waals surface area contributed by atoms with E-state index in [1.807, 2.05) is 22.6 Å². The fourth-order valence-corrected chi connectivity index (χ4v) is 2.82. The molecule has 76 valence electrons. The van der Waals surface area contributed by atoms with Crippen LogP contribution >= 0.6 is 38.5 Å². The zero-order valence-corrected chi connectivity index (χ0v) is 10.5. The van der Waals surface area contributed by atoms with Crippen molar-refractivity contribution in [3.63, 3.8) is 0 Å². The van der Waals surface area contributed by atoms with E-state index in [9.17, 15) is 13.6 Å². The number of aromatic nitrogens is 1. The molecule has 0 saturated carbocycles. The quantitative estimate of drug-likeness (QED) is 0.351. The minimum Gasteiger partial charge on any atom is -0.298 e. The highest BCUT2D eigenvalue weighted by Crippen LogP contribution is 2.23. The van der Waals surface area contributed by atoms with Crippen LogP contribution in [0.5, 0.6) is 0 Å². The molecule has 2 nitrogen and oxygen atoms in total. The normalized spacial score (nSPS) is 10.6. The molecule has 1 aromatic rings. The first-order chi connectivity index (χ1) is 6.60. The van der Waals surface area contributed by atoms with Crippen molar-refractivity contribution in [3.05, 3.63) is 26.6 Å². The lowest BCUT2D eigenvalue weighted by molar-refractivity contribution is 0.112. The van der Waals surface area contributed by atoms with E-state index in [1.165, 1.54) is 0 Å². The summed E-state index contributed by atoms with van der Waals surface area (Å²) in [6, 6.07) is 1.12. The number of carbonyl (C=O) groups excluding carboxylic acids is 1. The third kappa shape index (κ3) is 2.47. The van der Waals surface area contributed by atoms with E-state index in [4.69, 9.17) is 0 Å². The molecule has 0 radical (unpaired) electrons. The van der Waals surface area contributed by atoms with Gasteiger partial charge in [-0.1, -0.05) is 15.9 Å². The van der Waals surface area contributed by atoms with Crippen molar-refractivity contribution in [2.24, 2.45) is 0 Å². The second kappa shape index (κ2) is 5.11. The highest BCUT2D eigenvalue weighted by molar-refractivity contribution is 14.1. The van der Waals surface area contributed by atoms with Crippen LogP contribution in [-0.2, 0) is 5.33 Å². The molecule has 1 heterocycles. The number of aldehydes is 1. The maximum absolute atomic E-state index is 12.3. The molecule has 0 unspecified atom stereocenters. The largest absolute Gasteiger partial charge is 0.298 e. The average Bonchev–Trinajstić information content (AvgIpc) is 2.16. The second-order valence-corrected chi connectivity index (χ2v) is 4.04. The lowest BCUT2D eigenvalue weighted by Gasteiger charge is -2.06. The maximum Gasteiger partial charge on any atom is 0.280 e. The topological polar surface area (TPSA) is 30.0 Å². The Morgan fingerprint density at radius 1 is 1.64 bits per heavy atom. The van der Waals surface area contributed by atoms with Gasteiger partial charge in [-0.2, -0.15) is 0 Å². The first-order valence-corrected chi connectivity index (χ1v) is 5.78. The molecule has 0 aromatic carbocycles. The Balaban J connectivity index is 3.31. The molecule has 0 aliphatic heterocycles. The molecule has 0 aliphatic rings. The van der Waals surface area contributed by atoms with E-state index in [2.05, 4.69) is 20.9 Å². The fourth-order valence-electron chi connectivity index (χ4n) is 0.928. The molecule has 14 heavy (non-hydrogen) atoms. The fraction of sp³-hybridized carbons (Fsp3) is 0.250. The predicted molar refractivity (Wildman–Crippen MR) is 59.9 cm³/mol. The van der Waals surface area contributed by atoms with E-state index in [-0.39, 0.29) is 11.3 Å². The van der Waals surface area contributed by atoms with Crippen molar-refractivity contribution in [2.75, 3.05) is 0 Å². The summed E-state index contributed by atoms with van der Waals surface area (Å²) in [5.74, 6) is 0. The van der Waals surface area contributed by atoms with Crippen LogP contribution < -0.4 is 0 Å². The molecular formula is C8H5BrF2INO. The summed E-state index contributed by atoms with van der Waals surface area (Å²) in [7, 11) is 0. The highest BCUT2D eigenvalue weighted by Gasteiger charge is 2.15. The van der Waals surface area contributed by atoms with Gasteiger partial charge in [0.05, 0.1) is 0 Å². The summed E-state index contributed by atoms with van der Waals surface area (Å²) in [5, 5.41) is 0.426. The van der Waals surface area contributed by atoms with Gasteiger partial charge in [-0.25, -0.2) is 13.8 Å². The Kier molecular flexibility index (Phi) is 4.36. The van der Waals surface area contributed by atoms with E-state index >= 15 is 0 Å². The molecule has 0 amide bonds. The third-order valence-electron chi connectivity index (χ3n) is 1.61. The first-order valence-electron chi connectivity index (χ1n) is 3.58. The Morgan fingerprint density at radius 3 is 2.71 bits per heavy atom. The second-order valence-electron chi connectivity index (χ2n) is 2.46. The molecule has 0 bridgehead atoms. The number of pyridine rings is 1. The van der Waals surface area contributed by atoms with E-state index in [0.29, 0.717) is 20.9 Å². The summed E-state index contributed by atoms with van der Waals surface area (Å²) in [5.41, 5.74) is 0.544. The number of rotatable bonds is 3. The number of nitrogens with zero attached hydrogens (tertiary/aromatic N) is 1. The Morgan fingerprint density at radius 2 is 2.29 bits per heavy atom. The summed E-state index contributed by atoms with van der Waals surface area (Å²) in [6.45, 7) is 0. The molecule has 0 fully saturated rings. The molecule has 6 heteroatoms. The van der Waals surface area contributed by atoms with Crippen molar-refractivity contribution in [2.45, 2.75) is 11.8 Å². The van der Waals surface area contributed by atoms with Crippen LogP contribution in [0.3, 0.4) is 0 Å². The smallest absolute Gasteiger partial charge is 0.280 e. The summed E-state index contributed by atoms with van der Waals surface area (Å²) < 4.78 is 25.0. The van der Waals surface area contributed by atoms with E-state index in [1.54, 1.807) is 0 Å². The zero-order chi connectivity index (χ0) is 10.7. The van der Waals surface area contributed by atoms with Crippen LogP contribution in [0.15, 0.2) is 6.07 Å². The van der Waals surface area contributed by atoms with Crippen LogP contribution in [-0.4, -0.2) is 11.3 Å². The van der Waals surface area contributed by atoms with Crippen molar-refractivity contribution >= 4 is 44.8 Å². The summed E-state index contributed by atoms with van der Waals surface area (Å²) in [4.78, 5) is 14.3. The average molecular weight is 376 g/mol. The van der Waals surface area contributed by atoms with Crippen LogP contribution in [0.2, 0.25) is 0 Å². The molecule has 0 spiro atoms. The summed E-state index contributed by atoms with van der Waals surface area (Å²) in [6.07, 6.45) is -2.08. The Hall–Kier alpha value is -0.110. The van der Waals surface area contributed by atoms with Gasteiger partial charge in [0.1, 0.15) is 9.39 Å². The number of carbonyl (C=O) groups is 1. The van der Waals surface area contributed by atoms with E-state index in [0.717, 1.165) is 6.07 Å². The predicted octanol–water partition coefficient (Wildman–Crippen LogP) is 3.33. The van der Waals surface area contributed by atoms with Gasteiger partial charge in [0, 0.05) is 16.5 Å². The van der Waals surface area contributed by atoms with Crippen molar-refractivity contribution < 1.29 is 13.6 Å². The maximum atomic E-state index is 12.3. The molecule has 0 saturated heterocycles. The first kappa shape index (κ1) is 12.0. The molecule has 0 N–H and O–H groups in total. The lowest BCUT2D eigenvalue weighted by atomic mass is 10.1. The standard InChI is InChI=1S/C8H5BrF2INO/c9-2-5-4(3-14)1-6(7(10)11)13-8(5)12/h1,3,7H,2H2. The number of hydrogen-bond acceptors (Lipinski definition) is 2. The molecule has 1 rings (SSSR count). The lowest BCUT2D eigenvalue weighted by Crippen LogP contribution is -2.01. The minimum atomic E-state index is -2.65. The van der Waals surface area contributed by atoms with Crippen molar-refractivity contribution in [1.82, 2.24) is 4.98 Å². The molecular weight excluding hydrogens is 371 g/mol. The number of halogens is 4. The number of alkyl halides is 3. The Bertz CT molecular complexity index is 359. The van der Waals surface area contributed by atoms with Crippen molar-refractivity contribution in [3.8, 4) is 0 Å². The number of hydrogen-bond donors (Lipinski definition) is 0. The monoisotopic (exact) mass is 375 g/mol. The molecule has 0 atom stereocenters. The van der Waals surface area contributed by atoms with Gasteiger partial charge in [0.2, 0.25) is 0 Å². The van der Waals surface area contributed by atoms with E-state index < -0.39 is 6.43 Å². The third-order valence-corrected chi connectivity index (χ3v) is 3.07. The van der Waals surface area contributed by atoms with Gasteiger partial charge in [-0.3, -0.25) is 4.79 Å². The van der Waals surface area contributed by atoms with Gasteiger partial charge in [0.15, 0.2) is 6.29 Å². The zero-order valence-electron chi connectivity index (χ0n) is 6.81. The SMILES string of the molecule is O=Cc1cc(C(F)F)nc(I)c1CBr. The van der Waals surface area contributed by atoms with Crippen LogP contribution in [0.25, 0.3) is 0 Å². The van der Waals surface area contributed by atoms with Crippen LogP contribution in [0.4, 0.5) is 8.78 Å². The van der Waals surface area contributed by atoms with Gasteiger partial charge >= 0.3 is 0 Å². The molecule has 1 aromatic heterocycles. The van der Waals surface area contributed by atoms with Crippen LogP contribution in [0.1, 0.15) is 28.0 Å². The van der Waals surface area contributed by atoms with Gasteiger partial charge in [0.25, 0.3) is 6.43 Å². The van der Waals surface area contributed by atoms with Gasteiger partial charge in [-0.05, 0) is 28.7 Å². The van der Waals surface area contributed by atoms with Crippen molar-refractivity contribution in [1.29, 1.82) is 0 Å². The molecule has 0 aliphatic carbocycles. The van der Waals surface area contributed by atoms with Gasteiger partial charge < -0.3 is 0 Å². The highest BCUT2D eigenvalue weighted by atomic mass is 127. The summed E-state index contributed by atoms with van der Waals surface area (Å²) >= 11 is 5.01.